The van der Waals surface area contributed by atoms with Gasteiger partial charge in [-0.3, -0.25) is 4.79 Å². The maximum atomic E-state index is 12.1. The van der Waals surface area contributed by atoms with E-state index in [9.17, 15) is 4.79 Å². The van der Waals surface area contributed by atoms with Gasteiger partial charge in [-0.25, -0.2) is 0 Å². The third-order valence-corrected chi connectivity index (χ3v) is 3.55. The van der Waals surface area contributed by atoms with E-state index in [1.807, 2.05) is 0 Å². The summed E-state index contributed by atoms with van der Waals surface area (Å²) in [5, 5.41) is 0. The van der Waals surface area contributed by atoms with E-state index in [-0.39, 0.29) is 10.8 Å². The summed E-state index contributed by atoms with van der Waals surface area (Å²) in [4.78, 5) is 12.1. The van der Waals surface area contributed by atoms with Gasteiger partial charge in [-0.1, -0.05) is 40.5 Å². The summed E-state index contributed by atoms with van der Waals surface area (Å²) in [5.74, 6) is 0.494. The number of hydrogen-bond acceptors (Lipinski definition) is 1. The summed E-state index contributed by atoms with van der Waals surface area (Å²) in [5.41, 5.74) is -0.0536. The van der Waals surface area contributed by atoms with E-state index in [0.717, 1.165) is 19.3 Å². The molecule has 0 amide bonds. The fraction of sp³-hybridized carbons (Fsp3) is 0.917. The Bertz CT molecular complexity index is 205. The van der Waals surface area contributed by atoms with Gasteiger partial charge in [0.1, 0.15) is 5.78 Å². The maximum absolute atomic E-state index is 12.1. The van der Waals surface area contributed by atoms with Gasteiger partial charge < -0.3 is 0 Å². The number of unbranched alkanes of at least 4 members (excludes halogenated alkanes) is 1. The van der Waals surface area contributed by atoms with E-state index < -0.39 is 0 Å². The molecule has 0 bridgehead atoms. The van der Waals surface area contributed by atoms with Gasteiger partial charge in [-0.2, -0.15) is 0 Å². The SMILES string of the molecule is CCCCC1(C)CCC(C)(C)C1=O. The summed E-state index contributed by atoms with van der Waals surface area (Å²) in [7, 11) is 0. The van der Waals surface area contributed by atoms with Crippen molar-refractivity contribution in [2.75, 3.05) is 0 Å². The van der Waals surface area contributed by atoms with Crippen molar-refractivity contribution in [1.82, 2.24) is 0 Å². The van der Waals surface area contributed by atoms with Crippen molar-refractivity contribution in [3.05, 3.63) is 0 Å². The Labute approximate surface area is 81.9 Å². The Morgan fingerprint density at radius 3 is 2.23 bits per heavy atom. The summed E-state index contributed by atoms with van der Waals surface area (Å²) >= 11 is 0. The Hall–Kier alpha value is -0.330. The Balaban J connectivity index is 2.66. The predicted molar refractivity (Wildman–Crippen MR) is 55.7 cm³/mol. The summed E-state index contributed by atoms with van der Waals surface area (Å²) in [6, 6.07) is 0. The third-order valence-electron chi connectivity index (χ3n) is 3.55. The average molecular weight is 182 g/mol. The second-order valence-corrected chi connectivity index (χ2v) is 5.38. The van der Waals surface area contributed by atoms with Crippen molar-refractivity contribution < 1.29 is 4.79 Å². The van der Waals surface area contributed by atoms with Crippen LogP contribution in [0.15, 0.2) is 0 Å². The lowest BCUT2D eigenvalue weighted by molar-refractivity contribution is -0.132. The molecule has 1 atom stereocenters. The van der Waals surface area contributed by atoms with Crippen LogP contribution in [0, 0.1) is 10.8 Å². The second kappa shape index (κ2) is 3.43. The highest BCUT2D eigenvalue weighted by atomic mass is 16.1. The van der Waals surface area contributed by atoms with Gasteiger partial charge in [-0.15, -0.1) is 0 Å². The molecule has 1 aliphatic carbocycles. The minimum atomic E-state index is -0.0531. The lowest BCUT2D eigenvalue weighted by Crippen LogP contribution is -2.29. The zero-order chi connectivity index (χ0) is 10.1. The highest BCUT2D eigenvalue weighted by molar-refractivity contribution is 5.91. The summed E-state index contributed by atoms with van der Waals surface area (Å²) in [6.07, 6.45) is 5.65. The molecule has 1 rings (SSSR count). The largest absolute Gasteiger partial charge is 0.298 e. The molecule has 1 saturated carbocycles. The van der Waals surface area contributed by atoms with Crippen molar-refractivity contribution in [1.29, 1.82) is 0 Å². The molecule has 0 aromatic heterocycles. The number of ketones is 1. The van der Waals surface area contributed by atoms with Crippen LogP contribution in [0.1, 0.15) is 59.8 Å². The standard InChI is InChI=1S/C12H22O/c1-5-6-7-12(4)9-8-11(2,3)10(12)13/h5-9H2,1-4H3. The molecular weight excluding hydrogens is 160 g/mol. The lowest BCUT2D eigenvalue weighted by Gasteiger charge is -2.24. The van der Waals surface area contributed by atoms with Crippen LogP contribution >= 0.6 is 0 Å². The molecule has 0 saturated heterocycles. The molecule has 0 N–H and O–H groups in total. The first-order valence-corrected chi connectivity index (χ1v) is 5.47. The van der Waals surface area contributed by atoms with Crippen LogP contribution in [0.25, 0.3) is 0 Å². The molecule has 0 aliphatic heterocycles. The Kier molecular flexibility index (Phi) is 2.84. The van der Waals surface area contributed by atoms with E-state index in [0.29, 0.717) is 5.78 Å². The molecule has 1 nitrogen and oxygen atoms in total. The average Bonchev–Trinajstić information content (AvgIpc) is 2.28. The Morgan fingerprint density at radius 1 is 1.23 bits per heavy atom. The van der Waals surface area contributed by atoms with Crippen LogP contribution in [0.2, 0.25) is 0 Å². The molecule has 0 heterocycles. The maximum Gasteiger partial charge on any atom is 0.144 e. The molecule has 0 aromatic carbocycles. The monoisotopic (exact) mass is 182 g/mol. The molecular formula is C12H22O. The number of rotatable bonds is 3. The molecule has 0 radical (unpaired) electrons. The first-order valence-electron chi connectivity index (χ1n) is 5.47. The smallest absolute Gasteiger partial charge is 0.144 e. The zero-order valence-corrected chi connectivity index (χ0v) is 9.44. The number of carbonyl (C=O) groups is 1. The van der Waals surface area contributed by atoms with Gasteiger partial charge >= 0.3 is 0 Å². The van der Waals surface area contributed by atoms with Gasteiger partial charge in [0.2, 0.25) is 0 Å². The van der Waals surface area contributed by atoms with Gasteiger partial charge in [0.05, 0.1) is 0 Å². The quantitative estimate of drug-likeness (QED) is 0.652. The van der Waals surface area contributed by atoms with Crippen molar-refractivity contribution >= 4 is 5.78 Å². The molecule has 0 aromatic rings. The number of carbonyl (C=O) groups excluding carboxylic acids is 1. The van der Waals surface area contributed by atoms with Gasteiger partial charge in [0, 0.05) is 10.8 Å². The Morgan fingerprint density at radius 2 is 1.85 bits per heavy atom. The summed E-state index contributed by atoms with van der Waals surface area (Å²) in [6.45, 7) is 8.52. The van der Waals surface area contributed by atoms with E-state index in [1.165, 1.54) is 12.8 Å². The second-order valence-electron chi connectivity index (χ2n) is 5.38. The van der Waals surface area contributed by atoms with E-state index in [4.69, 9.17) is 0 Å². The fourth-order valence-corrected chi connectivity index (χ4v) is 2.44. The normalized spacial score (nSPS) is 32.5. The van der Waals surface area contributed by atoms with Crippen LogP contribution in [0.4, 0.5) is 0 Å². The van der Waals surface area contributed by atoms with Crippen LogP contribution in [-0.4, -0.2) is 5.78 Å². The van der Waals surface area contributed by atoms with E-state index >= 15 is 0 Å². The third kappa shape index (κ3) is 1.95. The summed E-state index contributed by atoms with van der Waals surface area (Å²) < 4.78 is 0. The fourth-order valence-electron chi connectivity index (χ4n) is 2.44. The van der Waals surface area contributed by atoms with Crippen LogP contribution in [0.3, 0.4) is 0 Å². The van der Waals surface area contributed by atoms with Crippen molar-refractivity contribution in [2.24, 2.45) is 10.8 Å². The molecule has 76 valence electrons. The number of Topliss-reactive ketones (excluding diaryl/α,β-unsaturated/α-hetero) is 1. The minimum Gasteiger partial charge on any atom is -0.298 e. The molecule has 1 aliphatic rings. The highest BCUT2D eigenvalue weighted by Gasteiger charge is 2.47. The van der Waals surface area contributed by atoms with Crippen LogP contribution in [-0.2, 0) is 4.79 Å². The van der Waals surface area contributed by atoms with Gasteiger partial charge in [-0.05, 0) is 19.3 Å². The lowest BCUT2D eigenvalue weighted by atomic mass is 9.78. The van der Waals surface area contributed by atoms with Crippen LogP contribution in [0.5, 0.6) is 0 Å². The van der Waals surface area contributed by atoms with E-state index in [2.05, 4.69) is 27.7 Å². The first kappa shape index (κ1) is 10.7. The topological polar surface area (TPSA) is 17.1 Å². The predicted octanol–water partition coefficient (Wildman–Crippen LogP) is 3.57. The van der Waals surface area contributed by atoms with Gasteiger partial charge in [0.15, 0.2) is 0 Å². The molecule has 1 unspecified atom stereocenters. The van der Waals surface area contributed by atoms with Crippen molar-refractivity contribution in [3.63, 3.8) is 0 Å². The zero-order valence-electron chi connectivity index (χ0n) is 9.44. The molecule has 1 fully saturated rings. The van der Waals surface area contributed by atoms with Crippen molar-refractivity contribution in [3.8, 4) is 0 Å². The first-order chi connectivity index (χ1) is 5.92. The number of hydrogen-bond donors (Lipinski definition) is 0. The van der Waals surface area contributed by atoms with Crippen molar-refractivity contribution in [2.45, 2.75) is 59.8 Å². The molecule has 1 heteroatoms. The van der Waals surface area contributed by atoms with Crippen LogP contribution < -0.4 is 0 Å². The highest BCUT2D eigenvalue weighted by Crippen LogP contribution is 2.48. The molecule has 0 spiro atoms. The molecule has 13 heavy (non-hydrogen) atoms. The van der Waals surface area contributed by atoms with Gasteiger partial charge in [0.25, 0.3) is 0 Å². The minimum absolute atomic E-state index is 0.000486. The van der Waals surface area contributed by atoms with E-state index in [1.54, 1.807) is 0 Å².